The maximum Gasteiger partial charge on any atom is 0.188 e. The molecular weight excluding hydrogens is 176 g/mol. The van der Waals surface area contributed by atoms with E-state index in [2.05, 4.69) is 0 Å². The monoisotopic (exact) mass is 186 g/mol. The number of nitrogens with zero attached hydrogens (tertiary/aromatic N) is 2. The molecule has 0 radical (unpaired) electrons. The van der Waals surface area contributed by atoms with Crippen molar-refractivity contribution in [2.45, 2.75) is 19.4 Å². The zero-order chi connectivity index (χ0) is 10.6. The topological polar surface area (TPSA) is 56.8 Å². The van der Waals surface area contributed by atoms with Crippen LogP contribution in [-0.2, 0) is 0 Å². The summed E-state index contributed by atoms with van der Waals surface area (Å²) in [7, 11) is 0. The highest BCUT2D eigenvalue weighted by atomic mass is 16.5. The molecule has 0 aliphatic heterocycles. The Labute approximate surface area is 83.2 Å². The van der Waals surface area contributed by atoms with Gasteiger partial charge in [0.1, 0.15) is 11.8 Å². The first-order valence-electron chi connectivity index (χ1n) is 4.18. The van der Waals surface area contributed by atoms with Crippen LogP contribution in [0.25, 0.3) is 0 Å². The largest absolute Gasteiger partial charge is 0.473 e. The highest BCUT2D eigenvalue weighted by Crippen LogP contribution is 2.17. The summed E-state index contributed by atoms with van der Waals surface area (Å²) in [5, 5.41) is 17.3. The van der Waals surface area contributed by atoms with Gasteiger partial charge in [-0.3, -0.25) is 0 Å². The second kappa shape index (κ2) is 3.81. The molecule has 0 atom stereocenters. The minimum atomic E-state index is -0.839. The fraction of sp³-hybridized carbons (Fsp3) is 0.273. The highest BCUT2D eigenvalue weighted by Gasteiger charge is 2.17. The van der Waals surface area contributed by atoms with E-state index in [0.717, 1.165) is 0 Å². The van der Waals surface area contributed by atoms with E-state index in [-0.39, 0.29) is 0 Å². The zero-order valence-corrected chi connectivity index (χ0v) is 8.11. The van der Waals surface area contributed by atoms with Gasteiger partial charge in [0, 0.05) is 0 Å². The fourth-order valence-corrected chi connectivity index (χ4v) is 0.915. The Bertz CT molecular complexity index is 393. The summed E-state index contributed by atoms with van der Waals surface area (Å²) in [5.41, 5.74) is -0.263. The summed E-state index contributed by atoms with van der Waals surface area (Å²) < 4.78 is 5.38. The lowest BCUT2D eigenvalue weighted by Crippen LogP contribution is -2.25. The van der Waals surface area contributed by atoms with Gasteiger partial charge in [0.2, 0.25) is 0 Å². The van der Waals surface area contributed by atoms with E-state index in [1.165, 1.54) is 0 Å². The summed E-state index contributed by atoms with van der Waals surface area (Å²) in [5.74, 6) is 0.593. The predicted octanol–water partition coefficient (Wildman–Crippen LogP) is 2.24. The van der Waals surface area contributed by atoms with E-state index >= 15 is 0 Å². The number of benzene rings is 1. The molecule has 0 aliphatic carbocycles. The number of rotatable bonds is 2. The van der Waals surface area contributed by atoms with Crippen LogP contribution in [-0.4, -0.2) is 5.60 Å². The van der Waals surface area contributed by atoms with Gasteiger partial charge in [0.05, 0.1) is 11.6 Å². The first kappa shape index (κ1) is 10.1. The molecular formula is C11H10N2O. The summed E-state index contributed by atoms with van der Waals surface area (Å²) in [4.78, 5) is 0. The molecule has 0 saturated heterocycles. The first-order chi connectivity index (χ1) is 6.57. The zero-order valence-electron chi connectivity index (χ0n) is 8.11. The van der Waals surface area contributed by atoms with Gasteiger partial charge in [-0.2, -0.15) is 10.5 Å². The average Bonchev–Trinajstić information content (AvgIpc) is 2.19. The van der Waals surface area contributed by atoms with Crippen molar-refractivity contribution < 1.29 is 4.74 Å². The normalized spacial score (nSPS) is 10.0. The van der Waals surface area contributed by atoms with Crippen molar-refractivity contribution in [2.24, 2.45) is 0 Å². The van der Waals surface area contributed by atoms with Gasteiger partial charge in [0.15, 0.2) is 5.60 Å². The van der Waals surface area contributed by atoms with Gasteiger partial charge in [0.25, 0.3) is 0 Å². The second-order valence-electron chi connectivity index (χ2n) is 3.36. The van der Waals surface area contributed by atoms with Crippen LogP contribution in [0, 0.1) is 22.7 Å². The van der Waals surface area contributed by atoms with Crippen LogP contribution in [0.3, 0.4) is 0 Å². The van der Waals surface area contributed by atoms with Crippen molar-refractivity contribution in [1.29, 1.82) is 10.5 Å². The lowest BCUT2D eigenvalue weighted by molar-refractivity contribution is 0.170. The van der Waals surface area contributed by atoms with E-state index < -0.39 is 5.60 Å². The van der Waals surface area contributed by atoms with Crippen LogP contribution in [0.2, 0.25) is 0 Å². The van der Waals surface area contributed by atoms with E-state index in [1.807, 2.05) is 12.1 Å². The lowest BCUT2D eigenvalue weighted by Gasteiger charge is -2.17. The molecule has 0 aliphatic rings. The lowest BCUT2D eigenvalue weighted by atomic mass is 10.1. The summed E-state index contributed by atoms with van der Waals surface area (Å²) >= 11 is 0. The summed E-state index contributed by atoms with van der Waals surface area (Å²) in [6.45, 7) is 3.37. The van der Waals surface area contributed by atoms with Crippen LogP contribution < -0.4 is 4.74 Å². The van der Waals surface area contributed by atoms with Crippen molar-refractivity contribution in [2.75, 3.05) is 0 Å². The number of ether oxygens (including phenoxy) is 1. The van der Waals surface area contributed by atoms with E-state index in [4.69, 9.17) is 15.3 Å². The van der Waals surface area contributed by atoms with Gasteiger partial charge in [-0.05, 0) is 38.1 Å². The summed E-state index contributed by atoms with van der Waals surface area (Å²) in [6.07, 6.45) is 0. The molecule has 0 N–H and O–H groups in total. The molecule has 0 unspecified atom stereocenters. The average molecular weight is 186 g/mol. The Morgan fingerprint density at radius 1 is 1.14 bits per heavy atom. The third-order valence-electron chi connectivity index (χ3n) is 1.63. The molecule has 0 saturated carbocycles. The van der Waals surface area contributed by atoms with Crippen LogP contribution in [0.5, 0.6) is 5.75 Å². The van der Waals surface area contributed by atoms with Crippen molar-refractivity contribution in [1.82, 2.24) is 0 Å². The van der Waals surface area contributed by atoms with Crippen molar-refractivity contribution in [3.05, 3.63) is 29.8 Å². The van der Waals surface area contributed by atoms with Gasteiger partial charge >= 0.3 is 0 Å². The highest BCUT2D eigenvalue weighted by molar-refractivity contribution is 5.35. The Kier molecular flexibility index (Phi) is 2.74. The molecule has 0 aromatic heterocycles. The number of hydrogen-bond acceptors (Lipinski definition) is 3. The van der Waals surface area contributed by atoms with Gasteiger partial charge in [-0.1, -0.05) is 0 Å². The van der Waals surface area contributed by atoms with Crippen LogP contribution in [0.15, 0.2) is 24.3 Å². The minimum absolute atomic E-state index is 0.576. The summed E-state index contributed by atoms with van der Waals surface area (Å²) in [6, 6.07) is 10.7. The molecule has 1 aromatic carbocycles. The third-order valence-corrected chi connectivity index (χ3v) is 1.63. The molecule has 14 heavy (non-hydrogen) atoms. The Morgan fingerprint density at radius 2 is 1.71 bits per heavy atom. The molecule has 70 valence electrons. The maximum atomic E-state index is 8.73. The molecule has 1 aromatic rings. The van der Waals surface area contributed by atoms with Crippen molar-refractivity contribution in [3.63, 3.8) is 0 Å². The van der Waals surface area contributed by atoms with E-state index in [1.54, 1.807) is 38.1 Å². The Hall–Kier alpha value is -2.00. The van der Waals surface area contributed by atoms with Crippen LogP contribution in [0.1, 0.15) is 19.4 Å². The molecule has 3 heteroatoms. The predicted molar refractivity (Wildman–Crippen MR) is 51.5 cm³/mol. The van der Waals surface area contributed by atoms with Gasteiger partial charge < -0.3 is 4.74 Å². The molecule has 0 amide bonds. The number of hydrogen-bond donors (Lipinski definition) is 0. The number of nitriles is 2. The second-order valence-corrected chi connectivity index (χ2v) is 3.36. The molecule has 0 spiro atoms. The van der Waals surface area contributed by atoms with E-state index in [9.17, 15) is 0 Å². The molecule has 0 bridgehead atoms. The van der Waals surface area contributed by atoms with Crippen molar-refractivity contribution >= 4 is 0 Å². The fourth-order valence-electron chi connectivity index (χ4n) is 0.915. The van der Waals surface area contributed by atoms with Gasteiger partial charge in [-0.25, -0.2) is 0 Å². The van der Waals surface area contributed by atoms with Gasteiger partial charge in [-0.15, -0.1) is 0 Å². The van der Waals surface area contributed by atoms with Crippen molar-refractivity contribution in [3.8, 4) is 17.9 Å². The molecule has 3 nitrogen and oxygen atoms in total. The molecule has 1 rings (SSSR count). The molecule has 0 fully saturated rings. The quantitative estimate of drug-likeness (QED) is 0.711. The van der Waals surface area contributed by atoms with Crippen LogP contribution in [0.4, 0.5) is 0 Å². The maximum absolute atomic E-state index is 8.73. The standard InChI is InChI=1S/C11H10N2O/c1-11(2,8-13)14-10-5-3-9(7-12)4-6-10/h3-6H,1-2H3. The smallest absolute Gasteiger partial charge is 0.188 e. The SMILES string of the molecule is CC(C)(C#N)Oc1ccc(C#N)cc1. The van der Waals surface area contributed by atoms with Crippen LogP contribution >= 0.6 is 0 Å². The first-order valence-corrected chi connectivity index (χ1v) is 4.18. The molecule has 0 heterocycles. The minimum Gasteiger partial charge on any atom is -0.473 e. The van der Waals surface area contributed by atoms with E-state index in [0.29, 0.717) is 11.3 Å². The Balaban J connectivity index is 2.81. The Morgan fingerprint density at radius 3 is 2.14 bits per heavy atom. The third kappa shape index (κ3) is 2.50.